The number of rotatable bonds is 5. The fraction of sp³-hybridized carbons (Fsp3) is 0.538. The zero-order valence-corrected chi connectivity index (χ0v) is 11.0. The van der Waals surface area contributed by atoms with Crippen molar-refractivity contribution < 1.29 is 4.74 Å². The third kappa shape index (κ3) is 3.06. The van der Waals surface area contributed by atoms with E-state index in [1.54, 1.807) is 6.07 Å². The normalized spacial score (nSPS) is 21.3. The maximum absolute atomic E-state index is 6.02. The van der Waals surface area contributed by atoms with E-state index in [0.29, 0.717) is 10.0 Å². The molecule has 0 aromatic heterocycles. The zero-order chi connectivity index (χ0) is 11.9. The molecule has 1 N–H and O–H groups in total. The molecule has 0 radical (unpaired) electrons. The fourth-order valence-electron chi connectivity index (χ4n) is 1.91. The third-order valence-electron chi connectivity index (χ3n) is 3.27. The van der Waals surface area contributed by atoms with Crippen LogP contribution in [0.1, 0.15) is 25.7 Å². The Labute approximate surface area is 111 Å². The minimum atomic E-state index is -0.0173. The van der Waals surface area contributed by atoms with Gasteiger partial charge in [0.2, 0.25) is 0 Å². The van der Waals surface area contributed by atoms with E-state index in [1.807, 2.05) is 12.1 Å². The Morgan fingerprint density at radius 2 is 1.82 bits per heavy atom. The molecule has 92 valence electrons. The summed E-state index contributed by atoms with van der Waals surface area (Å²) in [5.41, 5.74) is -0.0173. The maximum Gasteiger partial charge on any atom is 0.123 e. The van der Waals surface area contributed by atoms with Gasteiger partial charge in [-0.1, -0.05) is 23.2 Å². The van der Waals surface area contributed by atoms with Crippen molar-refractivity contribution in [2.75, 3.05) is 6.54 Å². The molecule has 1 aromatic rings. The van der Waals surface area contributed by atoms with Crippen molar-refractivity contribution in [3.8, 4) is 5.75 Å². The summed E-state index contributed by atoms with van der Waals surface area (Å²) in [6.07, 6.45) is 4.83. The number of hydrogen-bond acceptors (Lipinski definition) is 2. The molecule has 2 saturated carbocycles. The molecule has 2 fully saturated rings. The van der Waals surface area contributed by atoms with Crippen LogP contribution in [-0.2, 0) is 0 Å². The zero-order valence-electron chi connectivity index (χ0n) is 9.51. The number of benzene rings is 1. The number of halogens is 2. The lowest BCUT2D eigenvalue weighted by Gasteiger charge is -2.19. The predicted molar refractivity (Wildman–Crippen MR) is 70.1 cm³/mol. The number of hydrogen-bond donors (Lipinski definition) is 1. The molecule has 1 aromatic carbocycles. The van der Waals surface area contributed by atoms with Crippen molar-refractivity contribution in [3.05, 3.63) is 28.2 Å². The molecule has 0 heterocycles. The maximum atomic E-state index is 6.02. The molecule has 4 heteroatoms. The number of nitrogens with one attached hydrogen (secondary N) is 1. The summed E-state index contributed by atoms with van der Waals surface area (Å²) in [4.78, 5) is 0. The van der Waals surface area contributed by atoms with Crippen LogP contribution in [0.5, 0.6) is 5.75 Å². The first-order valence-corrected chi connectivity index (χ1v) is 6.79. The molecule has 0 unspecified atom stereocenters. The highest BCUT2D eigenvalue weighted by Gasteiger charge is 2.46. The summed E-state index contributed by atoms with van der Waals surface area (Å²) >= 11 is 11.9. The highest BCUT2D eigenvalue weighted by atomic mass is 35.5. The minimum absolute atomic E-state index is 0.0173. The molecule has 0 saturated heterocycles. The van der Waals surface area contributed by atoms with Gasteiger partial charge in [0.25, 0.3) is 0 Å². The lowest BCUT2D eigenvalue weighted by molar-refractivity contribution is 0.175. The van der Waals surface area contributed by atoms with Crippen LogP contribution in [0.15, 0.2) is 18.2 Å². The molecule has 2 nitrogen and oxygen atoms in total. The van der Waals surface area contributed by atoms with E-state index in [-0.39, 0.29) is 5.60 Å². The minimum Gasteiger partial charge on any atom is -0.486 e. The molecular weight excluding hydrogens is 257 g/mol. The average Bonchev–Trinajstić information content (AvgIpc) is 3.09. The Morgan fingerprint density at radius 1 is 1.18 bits per heavy atom. The topological polar surface area (TPSA) is 21.3 Å². The first-order chi connectivity index (χ1) is 8.15. The van der Waals surface area contributed by atoms with E-state index in [1.165, 1.54) is 12.8 Å². The van der Waals surface area contributed by atoms with Gasteiger partial charge in [-0.15, -0.1) is 0 Å². The van der Waals surface area contributed by atoms with Gasteiger partial charge in [0.15, 0.2) is 0 Å². The van der Waals surface area contributed by atoms with Crippen molar-refractivity contribution in [2.45, 2.75) is 37.3 Å². The van der Waals surface area contributed by atoms with Gasteiger partial charge in [-0.25, -0.2) is 0 Å². The lowest BCUT2D eigenvalue weighted by Crippen LogP contribution is -2.34. The summed E-state index contributed by atoms with van der Waals surface area (Å²) in [5, 5.41) is 4.77. The summed E-state index contributed by atoms with van der Waals surface area (Å²) < 4.78 is 6.02. The second-order valence-corrected chi connectivity index (χ2v) is 5.92. The molecular formula is C13H15Cl2NO. The Kier molecular flexibility index (Phi) is 2.97. The first kappa shape index (κ1) is 11.6. The van der Waals surface area contributed by atoms with Gasteiger partial charge in [0.05, 0.1) is 0 Å². The van der Waals surface area contributed by atoms with Crippen LogP contribution in [0.25, 0.3) is 0 Å². The smallest absolute Gasteiger partial charge is 0.123 e. The highest BCUT2D eigenvalue weighted by molar-refractivity contribution is 6.34. The quantitative estimate of drug-likeness (QED) is 0.883. The molecule has 2 aliphatic carbocycles. The second kappa shape index (κ2) is 4.34. The molecule has 3 rings (SSSR count). The fourth-order valence-corrected chi connectivity index (χ4v) is 2.42. The largest absolute Gasteiger partial charge is 0.486 e. The molecule has 0 spiro atoms. The summed E-state index contributed by atoms with van der Waals surface area (Å²) in [5.74, 6) is 0.776. The van der Waals surface area contributed by atoms with Crippen LogP contribution < -0.4 is 10.1 Å². The first-order valence-electron chi connectivity index (χ1n) is 6.04. The van der Waals surface area contributed by atoms with Crippen molar-refractivity contribution >= 4 is 23.2 Å². The van der Waals surface area contributed by atoms with Gasteiger partial charge in [0, 0.05) is 22.6 Å². The van der Waals surface area contributed by atoms with E-state index in [4.69, 9.17) is 27.9 Å². The predicted octanol–water partition coefficient (Wildman–Crippen LogP) is 3.66. The van der Waals surface area contributed by atoms with Crippen molar-refractivity contribution in [1.29, 1.82) is 0 Å². The van der Waals surface area contributed by atoms with Crippen LogP contribution in [0.2, 0.25) is 10.0 Å². The van der Waals surface area contributed by atoms with Crippen LogP contribution >= 0.6 is 23.2 Å². The van der Waals surface area contributed by atoms with Gasteiger partial charge in [-0.05, 0) is 43.9 Å². The SMILES string of the molecule is Clc1cc(Cl)cc(OC2(CNC3CC3)CC2)c1. The number of ether oxygens (including phenoxy) is 1. The molecule has 0 atom stereocenters. The van der Waals surface area contributed by atoms with E-state index in [9.17, 15) is 0 Å². The van der Waals surface area contributed by atoms with Gasteiger partial charge >= 0.3 is 0 Å². The third-order valence-corrected chi connectivity index (χ3v) is 3.70. The monoisotopic (exact) mass is 271 g/mol. The van der Waals surface area contributed by atoms with Crippen molar-refractivity contribution in [1.82, 2.24) is 5.32 Å². The van der Waals surface area contributed by atoms with Crippen LogP contribution in [-0.4, -0.2) is 18.2 Å². The molecule has 17 heavy (non-hydrogen) atoms. The summed E-state index contributed by atoms with van der Waals surface area (Å²) in [6.45, 7) is 0.932. The molecule has 0 aliphatic heterocycles. The van der Waals surface area contributed by atoms with Crippen LogP contribution in [0.3, 0.4) is 0 Å². The van der Waals surface area contributed by atoms with E-state index >= 15 is 0 Å². The highest BCUT2D eigenvalue weighted by Crippen LogP contribution is 2.41. The summed E-state index contributed by atoms with van der Waals surface area (Å²) in [7, 11) is 0. The van der Waals surface area contributed by atoms with Gasteiger partial charge in [0.1, 0.15) is 11.4 Å². The van der Waals surface area contributed by atoms with E-state index in [0.717, 1.165) is 31.2 Å². The van der Waals surface area contributed by atoms with E-state index in [2.05, 4.69) is 5.32 Å². The Hall–Kier alpha value is -0.440. The van der Waals surface area contributed by atoms with Crippen LogP contribution in [0, 0.1) is 0 Å². The van der Waals surface area contributed by atoms with Crippen molar-refractivity contribution in [3.63, 3.8) is 0 Å². The van der Waals surface area contributed by atoms with E-state index < -0.39 is 0 Å². The van der Waals surface area contributed by atoms with Gasteiger partial charge in [-0.3, -0.25) is 0 Å². The Balaban J connectivity index is 1.64. The van der Waals surface area contributed by atoms with Crippen molar-refractivity contribution in [2.24, 2.45) is 0 Å². The Bertz CT molecular complexity index is 407. The molecule has 0 bridgehead atoms. The standard InChI is InChI=1S/C13H15Cl2NO/c14-9-5-10(15)7-12(6-9)17-13(3-4-13)8-16-11-1-2-11/h5-7,11,16H,1-4,8H2. The lowest BCUT2D eigenvalue weighted by atomic mass is 10.3. The van der Waals surface area contributed by atoms with Crippen LogP contribution in [0.4, 0.5) is 0 Å². The summed E-state index contributed by atoms with van der Waals surface area (Å²) in [6, 6.07) is 6.09. The molecule has 0 amide bonds. The molecule has 2 aliphatic rings. The van der Waals surface area contributed by atoms with Gasteiger partial charge in [-0.2, -0.15) is 0 Å². The van der Waals surface area contributed by atoms with Gasteiger partial charge < -0.3 is 10.1 Å². The second-order valence-electron chi connectivity index (χ2n) is 5.05. The Morgan fingerprint density at radius 3 is 2.35 bits per heavy atom. The average molecular weight is 272 g/mol.